The maximum Gasteiger partial charge on any atom is 0.271 e. The number of aryl methyl sites for hydroxylation is 2. The Morgan fingerprint density at radius 3 is 2.70 bits per heavy atom. The van der Waals surface area contributed by atoms with Crippen molar-refractivity contribution < 1.29 is 9.53 Å². The van der Waals surface area contributed by atoms with Crippen LogP contribution in [0.3, 0.4) is 0 Å². The summed E-state index contributed by atoms with van der Waals surface area (Å²) in [5, 5.41) is 0. The standard InChI is InChI=1S/C19H24N2O2/c1-4-23-17-7-5-6-15(11-17)12-21(16-8-9-16)19(22)18-13(2)10-14(3)20-18/h5-7,10-11,16,20H,4,8-9,12H2,1-3H3. The van der Waals surface area contributed by atoms with Gasteiger partial charge in [0, 0.05) is 18.3 Å². The van der Waals surface area contributed by atoms with E-state index in [9.17, 15) is 4.79 Å². The van der Waals surface area contributed by atoms with E-state index >= 15 is 0 Å². The van der Waals surface area contributed by atoms with Gasteiger partial charge in [-0.25, -0.2) is 0 Å². The van der Waals surface area contributed by atoms with Crippen molar-refractivity contribution in [3.8, 4) is 5.75 Å². The number of carbonyl (C=O) groups is 1. The van der Waals surface area contributed by atoms with Crippen LogP contribution in [0, 0.1) is 13.8 Å². The van der Waals surface area contributed by atoms with Gasteiger partial charge in [-0.05, 0) is 62.9 Å². The Morgan fingerprint density at radius 1 is 1.30 bits per heavy atom. The van der Waals surface area contributed by atoms with E-state index in [0.717, 1.165) is 41.1 Å². The SMILES string of the molecule is CCOc1cccc(CN(C(=O)c2[nH]c(C)cc2C)C2CC2)c1. The summed E-state index contributed by atoms with van der Waals surface area (Å²) in [6.45, 7) is 7.22. The van der Waals surface area contributed by atoms with Crippen LogP contribution in [0.2, 0.25) is 0 Å². The second kappa shape index (κ2) is 6.49. The minimum absolute atomic E-state index is 0.0971. The molecule has 0 spiro atoms. The minimum atomic E-state index is 0.0971. The van der Waals surface area contributed by atoms with E-state index in [4.69, 9.17) is 4.74 Å². The number of H-pyrrole nitrogens is 1. The molecule has 1 aliphatic carbocycles. The molecule has 1 heterocycles. The van der Waals surface area contributed by atoms with Crippen LogP contribution in [0.1, 0.15) is 47.1 Å². The summed E-state index contributed by atoms with van der Waals surface area (Å²) in [6.07, 6.45) is 2.19. The highest BCUT2D eigenvalue weighted by molar-refractivity contribution is 5.94. The number of nitrogens with one attached hydrogen (secondary N) is 1. The van der Waals surface area contributed by atoms with E-state index in [1.165, 1.54) is 0 Å². The van der Waals surface area contributed by atoms with E-state index < -0.39 is 0 Å². The number of carbonyl (C=O) groups excluding carboxylic acids is 1. The van der Waals surface area contributed by atoms with Crippen molar-refractivity contribution in [1.82, 2.24) is 9.88 Å². The molecule has 0 aliphatic heterocycles. The van der Waals surface area contributed by atoms with Gasteiger partial charge in [0.2, 0.25) is 0 Å². The van der Waals surface area contributed by atoms with E-state index in [0.29, 0.717) is 19.2 Å². The number of rotatable bonds is 6. The maximum atomic E-state index is 12.9. The van der Waals surface area contributed by atoms with Crippen molar-refractivity contribution in [1.29, 1.82) is 0 Å². The highest BCUT2D eigenvalue weighted by Gasteiger charge is 2.34. The quantitative estimate of drug-likeness (QED) is 0.881. The number of nitrogens with zero attached hydrogens (tertiary/aromatic N) is 1. The molecule has 0 atom stereocenters. The lowest BCUT2D eigenvalue weighted by molar-refractivity contribution is 0.0723. The molecular weight excluding hydrogens is 288 g/mol. The largest absolute Gasteiger partial charge is 0.494 e. The fraction of sp³-hybridized carbons (Fsp3) is 0.421. The molecule has 1 fully saturated rings. The van der Waals surface area contributed by atoms with Gasteiger partial charge < -0.3 is 14.6 Å². The van der Waals surface area contributed by atoms with E-state index in [1.807, 2.05) is 49.9 Å². The first-order chi connectivity index (χ1) is 11.1. The average Bonchev–Trinajstić information content (AvgIpc) is 3.30. The Balaban J connectivity index is 1.81. The lowest BCUT2D eigenvalue weighted by Gasteiger charge is -2.23. The van der Waals surface area contributed by atoms with Gasteiger partial charge in [0.25, 0.3) is 5.91 Å². The summed E-state index contributed by atoms with van der Waals surface area (Å²) in [6, 6.07) is 10.4. The molecule has 23 heavy (non-hydrogen) atoms. The van der Waals surface area contributed by atoms with Gasteiger partial charge in [0.15, 0.2) is 0 Å². The molecule has 2 aromatic rings. The van der Waals surface area contributed by atoms with Crippen molar-refractivity contribution in [2.75, 3.05) is 6.61 Å². The van der Waals surface area contributed by atoms with Gasteiger partial charge in [-0.2, -0.15) is 0 Å². The number of amides is 1. The molecule has 4 nitrogen and oxygen atoms in total. The highest BCUT2D eigenvalue weighted by atomic mass is 16.5. The lowest BCUT2D eigenvalue weighted by Crippen LogP contribution is -2.33. The molecule has 122 valence electrons. The summed E-state index contributed by atoms with van der Waals surface area (Å²) in [5.41, 5.74) is 3.87. The van der Waals surface area contributed by atoms with Crippen LogP contribution in [0.4, 0.5) is 0 Å². The molecule has 3 rings (SSSR count). The predicted molar refractivity (Wildman–Crippen MR) is 90.8 cm³/mol. The number of hydrogen-bond donors (Lipinski definition) is 1. The molecule has 0 radical (unpaired) electrons. The maximum absolute atomic E-state index is 12.9. The Bertz CT molecular complexity index is 701. The Kier molecular flexibility index (Phi) is 4.42. The van der Waals surface area contributed by atoms with Gasteiger partial charge in [0.1, 0.15) is 11.4 Å². The zero-order valence-electron chi connectivity index (χ0n) is 14.1. The Hall–Kier alpha value is -2.23. The van der Waals surface area contributed by atoms with Crippen LogP contribution in [-0.4, -0.2) is 28.4 Å². The van der Waals surface area contributed by atoms with Crippen LogP contribution in [0.5, 0.6) is 5.75 Å². The molecule has 0 bridgehead atoms. The molecule has 0 unspecified atom stereocenters. The van der Waals surface area contributed by atoms with Crippen molar-refractivity contribution in [3.63, 3.8) is 0 Å². The van der Waals surface area contributed by atoms with Crippen molar-refractivity contribution in [2.45, 2.75) is 46.2 Å². The van der Waals surface area contributed by atoms with Crippen LogP contribution in [-0.2, 0) is 6.54 Å². The monoisotopic (exact) mass is 312 g/mol. The number of aromatic amines is 1. The number of hydrogen-bond acceptors (Lipinski definition) is 2. The third-order valence-electron chi connectivity index (χ3n) is 4.17. The summed E-state index contributed by atoms with van der Waals surface area (Å²) < 4.78 is 5.56. The zero-order chi connectivity index (χ0) is 16.4. The second-order valence-corrected chi connectivity index (χ2v) is 6.26. The summed E-state index contributed by atoms with van der Waals surface area (Å²) in [4.78, 5) is 18.1. The summed E-state index contributed by atoms with van der Waals surface area (Å²) in [5.74, 6) is 0.958. The van der Waals surface area contributed by atoms with E-state index in [2.05, 4.69) is 11.1 Å². The van der Waals surface area contributed by atoms with Crippen LogP contribution >= 0.6 is 0 Å². The summed E-state index contributed by atoms with van der Waals surface area (Å²) >= 11 is 0. The first-order valence-electron chi connectivity index (χ1n) is 8.27. The van der Waals surface area contributed by atoms with Gasteiger partial charge in [0.05, 0.1) is 6.61 Å². The topological polar surface area (TPSA) is 45.3 Å². The molecular formula is C19H24N2O2. The minimum Gasteiger partial charge on any atom is -0.494 e. The third-order valence-corrected chi connectivity index (χ3v) is 4.17. The third kappa shape index (κ3) is 3.58. The first kappa shape index (κ1) is 15.7. The fourth-order valence-corrected chi connectivity index (χ4v) is 2.94. The summed E-state index contributed by atoms with van der Waals surface area (Å²) in [7, 11) is 0. The van der Waals surface area contributed by atoms with Gasteiger partial charge in [-0.3, -0.25) is 4.79 Å². The van der Waals surface area contributed by atoms with Gasteiger partial charge >= 0.3 is 0 Å². The molecule has 1 N–H and O–H groups in total. The van der Waals surface area contributed by atoms with Crippen molar-refractivity contribution >= 4 is 5.91 Å². The van der Waals surface area contributed by atoms with Crippen molar-refractivity contribution in [3.05, 3.63) is 52.8 Å². The molecule has 1 aliphatic rings. The predicted octanol–water partition coefficient (Wildman–Crippen LogP) is 3.84. The van der Waals surface area contributed by atoms with Crippen molar-refractivity contribution in [2.24, 2.45) is 0 Å². The molecule has 1 amide bonds. The van der Waals surface area contributed by atoms with Gasteiger partial charge in [-0.1, -0.05) is 12.1 Å². The first-order valence-corrected chi connectivity index (χ1v) is 8.27. The number of benzene rings is 1. The fourth-order valence-electron chi connectivity index (χ4n) is 2.94. The molecule has 4 heteroatoms. The van der Waals surface area contributed by atoms with Crippen LogP contribution in [0.25, 0.3) is 0 Å². The molecule has 0 saturated heterocycles. The highest BCUT2D eigenvalue weighted by Crippen LogP contribution is 2.30. The van der Waals surface area contributed by atoms with Crippen LogP contribution in [0.15, 0.2) is 30.3 Å². The molecule has 1 saturated carbocycles. The molecule has 1 aromatic carbocycles. The molecule has 1 aromatic heterocycles. The smallest absolute Gasteiger partial charge is 0.271 e. The normalized spacial score (nSPS) is 13.9. The van der Waals surface area contributed by atoms with E-state index in [1.54, 1.807) is 0 Å². The van der Waals surface area contributed by atoms with Gasteiger partial charge in [-0.15, -0.1) is 0 Å². The second-order valence-electron chi connectivity index (χ2n) is 6.26. The Morgan fingerprint density at radius 2 is 2.09 bits per heavy atom. The van der Waals surface area contributed by atoms with Crippen LogP contribution < -0.4 is 4.74 Å². The lowest BCUT2D eigenvalue weighted by atomic mass is 10.1. The average molecular weight is 312 g/mol. The number of ether oxygens (including phenoxy) is 1. The number of aromatic nitrogens is 1. The van der Waals surface area contributed by atoms with E-state index in [-0.39, 0.29) is 5.91 Å². The zero-order valence-corrected chi connectivity index (χ0v) is 14.1. The Labute approximate surface area is 137 Å².